The number of aryl methyl sites for hydroxylation is 2. The highest BCUT2D eigenvalue weighted by atomic mass is 16.5. The topological polar surface area (TPSA) is 29.5 Å². The van der Waals surface area contributed by atoms with Crippen LogP contribution in [0.5, 0.6) is 0 Å². The van der Waals surface area contributed by atoms with E-state index in [1.807, 2.05) is 24.3 Å². The molecule has 0 saturated carbocycles. The van der Waals surface area contributed by atoms with Gasteiger partial charge in [0.25, 0.3) is 0 Å². The zero-order valence-corrected chi connectivity index (χ0v) is 12.4. The van der Waals surface area contributed by atoms with Crippen molar-refractivity contribution in [2.24, 2.45) is 0 Å². The fourth-order valence-electron chi connectivity index (χ4n) is 2.33. The molecule has 2 rings (SSSR count). The first kappa shape index (κ1) is 14.8. The molecule has 0 aromatic heterocycles. The zero-order chi connectivity index (χ0) is 14.5. The molecule has 2 aromatic rings. The van der Waals surface area contributed by atoms with E-state index in [9.17, 15) is 5.11 Å². The molecule has 106 valence electrons. The summed E-state index contributed by atoms with van der Waals surface area (Å²) in [6, 6.07) is 14.3. The first-order valence-corrected chi connectivity index (χ1v) is 6.92. The number of aliphatic hydroxyl groups is 1. The van der Waals surface area contributed by atoms with Gasteiger partial charge in [0.2, 0.25) is 0 Å². The first-order valence-electron chi connectivity index (χ1n) is 6.92. The van der Waals surface area contributed by atoms with Gasteiger partial charge in [-0.3, -0.25) is 0 Å². The fourth-order valence-corrected chi connectivity index (χ4v) is 2.33. The fraction of sp³-hybridized carbons (Fsp3) is 0.333. The second-order valence-electron chi connectivity index (χ2n) is 5.32. The van der Waals surface area contributed by atoms with E-state index < -0.39 is 6.10 Å². The van der Waals surface area contributed by atoms with Crippen LogP contribution in [0, 0.1) is 13.8 Å². The van der Waals surface area contributed by atoms with Crippen molar-refractivity contribution < 1.29 is 9.84 Å². The Morgan fingerprint density at radius 3 is 2.50 bits per heavy atom. The summed E-state index contributed by atoms with van der Waals surface area (Å²) >= 11 is 0. The third-order valence-corrected chi connectivity index (χ3v) is 3.65. The van der Waals surface area contributed by atoms with E-state index in [4.69, 9.17) is 4.74 Å². The molecule has 2 nitrogen and oxygen atoms in total. The van der Waals surface area contributed by atoms with Gasteiger partial charge in [0.15, 0.2) is 0 Å². The standard InChI is InChI=1S/C18H22O2/c1-13-7-8-15(9-14(13)2)11-18(19)17-6-4-5-16(10-17)12-20-3/h4-10,18-19H,11-12H2,1-3H3. The Morgan fingerprint density at radius 1 is 1.00 bits per heavy atom. The van der Waals surface area contributed by atoms with Gasteiger partial charge in [-0.15, -0.1) is 0 Å². The van der Waals surface area contributed by atoms with Crippen LogP contribution in [0.2, 0.25) is 0 Å². The molecule has 20 heavy (non-hydrogen) atoms. The van der Waals surface area contributed by atoms with E-state index in [1.165, 1.54) is 11.1 Å². The molecular formula is C18H22O2. The Hall–Kier alpha value is -1.64. The third-order valence-electron chi connectivity index (χ3n) is 3.65. The lowest BCUT2D eigenvalue weighted by atomic mass is 9.97. The van der Waals surface area contributed by atoms with Crippen LogP contribution in [-0.4, -0.2) is 12.2 Å². The van der Waals surface area contributed by atoms with Crippen LogP contribution in [0.15, 0.2) is 42.5 Å². The summed E-state index contributed by atoms with van der Waals surface area (Å²) in [7, 11) is 1.68. The lowest BCUT2D eigenvalue weighted by Crippen LogP contribution is -2.03. The minimum Gasteiger partial charge on any atom is -0.388 e. The summed E-state index contributed by atoms with van der Waals surface area (Å²) in [5, 5.41) is 10.4. The van der Waals surface area contributed by atoms with Crippen LogP contribution in [-0.2, 0) is 17.8 Å². The molecule has 0 amide bonds. The minimum absolute atomic E-state index is 0.478. The Balaban J connectivity index is 2.12. The lowest BCUT2D eigenvalue weighted by molar-refractivity contribution is 0.175. The average Bonchev–Trinajstić information content (AvgIpc) is 2.43. The van der Waals surface area contributed by atoms with Crippen LogP contribution in [0.3, 0.4) is 0 Å². The molecule has 1 unspecified atom stereocenters. The average molecular weight is 270 g/mol. The number of hydrogen-bond donors (Lipinski definition) is 1. The number of ether oxygens (including phenoxy) is 1. The molecule has 0 heterocycles. The number of benzene rings is 2. The Kier molecular flexibility index (Phi) is 4.94. The number of methoxy groups -OCH3 is 1. The van der Waals surface area contributed by atoms with Gasteiger partial charge in [0, 0.05) is 13.5 Å². The normalized spacial score (nSPS) is 12.4. The van der Waals surface area contributed by atoms with E-state index in [0.29, 0.717) is 13.0 Å². The van der Waals surface area contributed by atoms with E-state index >= 15 is 0 Å². The van der Waals surface area contributed by atoms with Crippen molar-refractivity contribution in [1.82, 2.24) is 0 Å². The van der Waals surface area contributed by atoms with Gasteiger partial charge >= 0.3 is 0 Å². The lowest BCUT2D eigenvalue weighted by Gasteiger charge is -2.13. The highest BCUT2D eigenvalue weighted by Gasteiger charge is 2.09. The SMILES string of the molecule is COCc1cccc(C(O)Cc2ccc(C)c(C)c2)c1. The Morgan fingerprint density at radius 2 is 1.80 bits per heavy atom. The molecule has 0 aliphatic rings. The molecule has 0 aliphatic heterocycles. The number of hydrogen-bond acceptors (Lipinski definition) is 2. The van der Waals surface area contributed by atoms with E-state index in [-0.39, 0.29) is 0 Å². The quantitative estimate of drug-likeness (QED) is 0.897. The van der Waals surface area contributed by atoms with Crippen LogP contribution < -0.4 is 0 Å². The molecule has 0 aliphatic carbocycles. The van der Waals surface area contributed by atoms with Gasteiger partial charge in [-0.25, -0.2) is 0 Å². The molecule has 0 fully saturated rings. The molecule has 0 radical (unpaired) electrons. The predicted octanol–water partition coefficient (Wildman–Crippen LogP) is 3.73. The van der Waals surface area contributed by atoms with Gasteiger partial charge in [-0.2, -0.15) is 0 Å². The smallest absolute Gasteiger partial charge is 0.0830 e. The maximum Gasteiger partial charge on any atom is 0.0830 e. The second kappa shape index (κ2) is 6.69. The Labute approximate surface area is 121 Å². The molecule has 0 spiro atoms. The first-order chi connectivity index (χ1) is 9.60. The van der Waals surface area contributed by atoms with Crippen molar-refractivity contribution in [3.05, 3.63) is 70.3 Å². The zero-order valence-electron chi connectivity index (χ0n) is 12.4. The van der Waals surface area contributed by atoms with E-state index in [1.54, 1.807) is 7.11 Å². The largest absolute Gasteiger partial charge is 0.388 e. The maximum absolute atomic E-state index is 10.4. The van der Waals surface area contributed by atoms with Gasteiger partial charge in [0.05, 0.1) is 12.7 Å². The summed E-state index contributed by atoms with van der Waals surface area (Å²) in [6.45, 7) is 4.78. The number of rotatable bonds is 5. The Bertz CT molecular complexity index is 575. The van der Waals surface area contributed by atoms with Crippen molar-refractivity contribution in [3.8, 4) is 0 Å². The second-order valence-corrected chi connectivity index (χ2v) is 5.32. The van der Waals surface area contributed by atoms with Crippen LogP contribution in [0.1, 0.15) is 33.9 Å². The van der Waals surface area contributed by atoms with E-state index in [2.05, 4.69) is 32.0 Å². The van der Waals surface area contributed by atoms with Crippen LogP contribution >= 0.6 is 0 Å². The van der Waals surface area contributed by atoms with Gasteiger partial charge in [0.1, 0.15) is 0 Å². The highest BCUT2D eigenvalue weighted by molar-refractivity contribution is 5.32. The molecule has 0 bridgehead atoms. The van der Waals surface area contributed by atoms with Crippen molar-refractivity contribution in [3.63, 3.8) is 0 Å². The molecule has 2 aromatic carbocycles. The van der Waals surface area contributed by atoms with Crippen LogP contribution in [0.25, 0.3) is 0 Å². The van der Waals surface area contributed by atoms with Gasteiger partial charge < -0.3 is 9.84 Å². The highest BCUT2D eigenvalue weighted by Crippen LogP contribution is 2.21. The maximum atomic E-state index is 10.4. The van der Waals surface area contributed by atoms with E-state index in [0.717, 1.165) is 16.7 Å². The van der Waals surface area contributed by atoms with Crippen molar-refractivity contribution in [2.75, 3.05) is 7.11 Å². The molecule has 1 atom stereocenters. The summed E-state index contributed by atoms with van der Waals surface area (Å²) < 4.78 is 5.13. The summed E-state index contributed by atoms with van der Waals surface area (Å²) in [6.07, 6.45) is 0.159. The van der Waals surface area contributed by atoms with Crippen molar-refractivity contribution in [1.29, 1.82) is 0 Å². The molecule has 2 heteroatoms. The predicted molar refractivity (Wildman–Crippen MR) is 81.7 cm³/mol. The summed E-state index contributed by atoms with van der Waals surface area (Å²) in [5.41, 5.74) is 5.74. The van der Waals surface area contributed by atoms with Crippen molar-refractivity contribution in [2.45, 2.75) is 33.0 Å². The van der Waals surface area contributed by atoms with Gasteiger partial charge in [-0.05, 0) is 41.7 Å². The summed E-state index contributed by atoms with van der Waals surface area (Å²) in [5.74, 6) is 0. The molecule has 0 saturated heterocycles. The van der Waals surface area contributed by atoms with Crippen molar-refractivity contribution >= 4 is 0 Å². The minimum atomic E-state index is -0.478. The molecule has 1 N–H and O–H groups in total. The number of aliphatic hydroxyl groups excluding tert-OH is 1. The summed E-state index contributed by atoms with van der Waals surface area (Å²) in [4.78, 5) is 0. The van der Waals surface area contributed by atoms with Crippen LogP contribution in [0.4, 0.5) is 0 Å². The third kappa shape index (κ3) is 3.69. The monoisotopic (exact) mass is 270 g/mol. The van der Waals surface area contributed by atoms with Gasteiger partial charge in [-0.1, -0.05) is 42.5 Å². The molecular weight excluding hydrogens is 248 g/mol.